The Morgan fingerprint density at radius 1 is 1.44 bits per heavy atom. The average Bonchev–Trinajstić information content (AvgIpc) is 2.10. The number of carbonyl (C=O) groups is 1. The lowest BCUT2D eigenvalue weighted by molar-refractivity contribution is -0.274. The number of ether oxygens (including phenoxy) is 1. The number of ketones is 1. The summed E-state index contributed by atoms with van der Waals surface area (Å²) >= 11 is 4.75. The van der Waals surface area contributed by atoms with Gasteiger partial charge in [0.2, 0.25) is 0 Å². The fourth-order valence-corrected chi connectivity index (χ4v) is 2.26. The highest BCUT2D eigenvalue weighted by molar-refractivity contribution is 14.1. The van der Waals surface area contributed by atoms with Crippen molar-refractivity contribution in [1.82, 2.24) is 0 Å². The third-order valence-electron chi connectivity index (χ3n) is 1.65. The standard InChI is InChI=1S/C9H5BrF3IO2/c1-4(15)5-2-3-6(7(10)8(5)14)16-9(11,12)13/h2-3H,1H3. The molecule has 0 N–H and O–H groups in total. The van der Waals surface area contributed by atoms with Crippen LogP contribution in [0.15, 0.2) is 16.6 Å². The van der Waals surface area contributed by atoms with Crippen LogP contribution in [0.5, 0.6) is 5.75 Å². The minimum atomic E-state index is -4.75. The molecule has 0 amide bonds. The van der Waals surface area contributed by atoms with Crippen LogP contribution in [0.25, 0.3) is 0 Å². The van der Waals surface area contributed by atoms with E-state index in [1.807, 2.05) is 0 Å². The topological polar surface area (TPSA) is 26.3 Å². The summed E-state index contributed by atoms with van der Waals surface area (Å²) in [4.78, 5) is 11.1. The van der Waals surface area contributed by atoms with E-state index in [0.717, 1.165) is 6.07 Å². The predicted molar refractivity (Wildman–Crippen MR) is 63.5 cm³/mol. The lowest BCUT2D eigenvalue weighted by Gasteiger charge is -2.12. The monoisotopic (exact) mass is 408 g/mol. The highest BCUT2D eigenvalue weighted by Crippen LogP contribution is 2.35. The summed E-state index contributed by atoms with van der Waals surface area (Å²) in [5, 5.41) is 0. The van der Waals surface area contributed by atoms with Crippen LogP contribution in [0.2, 0.25) is 0 Å². The Balaban J connectivity index is 3.17. The number of alkyl halides is 3. The lowest BCUT2D eigenvalue weighted by atomic mass is 10.1. The van der Waals surface area contributed by atoms with Crippen LogP contribution in [0.4, 0.5) is 13.2 Å². The van der Waals surface area contributed by atoms with Gasteiger partial charge in [0.15, 0.2) is 5.78 Å². The zero-order chi connectivity index (χ0) is 12.5. The van der Waals surface area contributed by atoms with Crippen molar-refractivity contribution < 1.29 is 22.7 Å². The third-order valence-corrected chi connectivity index (χ3v) is 4.30. The van der Waals surface area contributed by atoms with Crippen LogP contribution in [-0.2, 0) is 0 Å². The number of halogens is 5. The first-order valence-corrected chi connectivity index (χ1v) is 5.84. The van der Waals surface area contributed by atoms with E-state index in [9.17, 15) is 18.0 Å². The maximum atomic E-state index is 12.0. The molecule has 0 spiro atoms. The van der Waals surface area contributed by atoms with Gasteiger partial charge in [0, 0.05) is 9.13 Å². The molecule has 0 bridgehead atoms. The number of benzene rings is 1. The van der Waals surface area contributed by atoms with Gasteiger partial charge in [-0.25, -0.2) is 0 Å². The first kappa shape index (κ1) is 13.8. The Morgan fingerprint density at radius 2 is 2.00 bits per heavy atom. The van der Waals surface area contributed by atoms with Crippen LogP contribution >= 0.6 is 38.5 Å². The molecule has 88 valence electrons. The number of hydrogen-bond donors (Lipinski definition) is 0. The van der Waals surface area contributed by atoms with E-state index in [2.05, 4.69) is 20.7 Å². The van der Waals surface area contributed by atoms with Gasteiger partial charge in [-0.15, -0.1) is 13.2 Å². The van der Waals surface area contributed by atoms with Gasteiger partial charge in [0.25, 0.3) is 0 Å². The van der Waals surface area contributed by atoms with Gasteiger partial charge in [-0.2, -0.15) is 0 Å². The molecule has 1 aromatic rings. The Morgan fingerprint density at radius 3 is 2.44 bits per heavy atom. The minimum Gasteiger partial charge on any atom is -0.405 e. The van der Waals surface area contributed by atoms with Crippen molar-refractivity contribution in [3.05, 3.63) is 25.7 Å². The van der Waals surface area contributed by atoms with E-state index >= 15 is 0 Å². The SMILES string of the molecule is CC(=O)c1ccc(OC(F)(F)F)c(Br)c1I. The maximum Gasteiger partial charge on any atom is 0.573 e. The molecule has 0 saturated heterocycles. The molecule has 2 nitrogen and oxygen atoms in total. The van der Waals surface area contributed by atoms with Gasteiger partial charge in [0.1, 0.15) is 5.75 Å². The summed E-state index contributed by atoms with van der Waals surface area (Å²) < 4.78 is 40.3. The Hall–Kier alpha value is -0.310. The van der Waals surface area contributed by atoms with E-state index in [1.165, 1.54) is 13.0 Å². The summed E-state index contributed by atoms with van der Waals surface area (Å²) in [6.45, 7) is 1.34. The second-order valence-corrected chi connectivity index (χ2v) is 4.71. The van der Waals surface area contributed by atoms with Crippen molar-refractivity contribution in [1.29, 1.82) is 0 Å². The normalized spacial score (nSPS) is 11.4. The summed E-state index contributed by atoms with van der Waals surface area (Å²) in [7, 11) is 0. The first-order valence-electron chi connectivity index (χ1n) is 3.97. The average molecular weight is 409 g/mol. The summed E-state index contributed by atoms with van der Waals surface area (Å²) in [5.74, 6) is -0.578. The number of carbonyl (C=O) groups excluding carboxylic acids is 1. The molecule has 0 aliphatic heterocycles. The summed E-state index contributed by atoms with van der Waals surface area (Å²) in [5.41, 5.74) is 0.349. The quantitative estimate of drug-likeness (QED) is 0.542. The molecule has 7 heteroatoms. The number of hydrogen-bond acceptors (Lipinski definition) is 2. The molecule has 0 aliphatic carbocycles. The molecule has 1 rings (SSSR count). The van der Waals surface area contributed by atoms with Crippen molar-refractivity contribution in [2.24, 2.45) is 0 Å². The second-order valence-electron chi connectivity index (χ2n) is 2.84. The third kappa shape index (κ3) is 3.34. The summed E-state index contributed by atoms with van der Waals surface area (Å²) in [6.07, 6.45) is -4.75. The van der Waals surface area contributed by atoms with E-state index in [4.69, 9.17) is 0 Å². The second kappa shape index (κ2) is 4.91. The van der Waals surface area contributed by atoms with Gasteiger partial charge in [0.05, 0.1) is 4.47 Å². The number of Topliss-reactive ketones (excluding diaryl/α,β-unsaturated/α-hetero) is 1. The Labute approximate surface area is 111 Å². The molecule has 0 heterocycles. The predicted octanol–water partition coefficient (Wildman–Crippen LogP) is 4.15. The molecule has 16 heavy (non-hydrogen) atoms. The van der Waals surface area contributed by atoms with Gasteiger partial charge >= 0.3 is 6.36 Å². The molecule has 0 saturated carbocycles. The van der Waals surface area contributed by atoms with Crippen molar-refractivity contribution in [2.75, 3.05) is 0 Å². The van der Waals surface area contributed by atoms with Gasteiger partial charge < -0.3 is 4.74 Å². The number of rotatable bonds is 2. The maximum absolute atomic E-state index is 12.0. The molecule has 0 unspecified atom stereocenters. The molecule has 0 fully saturated rings. The fraction of sp³-hybridized carbons (Fsp3) is 0.222. The van der Waals surface area contributed by atoms with E-state index in [1.54, 1.807) is 22.6 Å². The highest BCUT2D eigenvalue weighted by Gasteiger charge is 2.32. The van der Waals surface area contributed by atoms with E-state index in [0.29, 0.717) is 9.13 Å². The molecular weight excluding hydrogens is 404 g/mol. The first-order chi connectivity index (χ1) is 7.22. The Kier molecular flexibility index (Phi) is 4.22. The van der Waals surface area contributed by atoms with Gasteiger partial charge in [-0.1, -0.05) is 0 Å². The minimum absolute atomic E-state index is 0.123. The summed E-state index contributed by atoms with van der Waals surface area (Å²) in [6, 6.07) is 2.41. The van der Waals surface area contributed by atoms with Crippen molar-refractivity contribution in [3.8, 4) is 5.75 Å². The van der Waals surface area contributed by atoms with Crippen molar-refractivity contribution in [2.45, 2.75) is 13.3 Å². The van der Waals surface area contributed by atoms with Crippen molar-refractivity contribution >= 4 is 44.3 Å². The Bertz CT molecular complexity index is 431. The highest BCUT2D eigenvalue weighted by atomic mass is 127. The van der Waals surface area contributed by atoms with Gasteiger partial charge in [-0.3, -0.25) is 4.79 Å². The van der Waals surface area contributed by atoms with Crippen molar-refractivity contribution in [3.63, 3.8) is 0 Å². The van der Waals surface area contributed by atoms with Crippen LogP contribution < -0.4 is 4.74 Å². The zero-order valence-corrected chi connectivity index (χ0v) is 11.6. The molecule has 1 aromatic carbocycles. The molecule has 0 atom stereocenters. The lowest BCUT2D eigenvalue weighted by Crippen LogP contribution is -2.17. The van der Waals surface area contributed by atoms with Crippen LogP contribution in [-0.4, -0.2) is 12.1 Å². The fourth-order valence-electron chi connectivity index (χ4n) is 1.01. The van der Waals surface area contributed by atoms with Crippen LogP contribution in [0.1, 0.15) is 17.3 Å². The largest absolute Gasteiger partial charge is 0.573 e. The van der Waals surface area contributed by atoms with E-state index < -0.39 is 6.36 Å². The van der Waals surface area contributed by atoms with Gasteiger partial charge in [-0.05, 0) is 57.6 Å². The van der Waals surface area contributed by atoms with Crippen LogP contribution in [0, 0.1) is 3.57 Å². The zero-order valence-electron chi connectivity index (χ0n) is 7.86. The molecular formula is C9H5BrF3IO2. The molecule has 0 radical (unpaired) electrons. The molecule has 0 aromatic heterocycles. The van der Waals surface area contributed by atoms with Crippen LogP contribution in [0.3, 0.4) is 0 Å². The smallest absolute Gasteiger partial charge is 0.405 e. The van der Waals surface area contributed by atoms with E-state index in [-0.39, 0.29) is 16.0 Å². The molecule has 0 aliphatic rings.